The summed E-state index contributed by atoms with van der Waals surface area (Å²) in [6.07, 6.45) is 3.99. The normalized spacial score (nSPS) is 15.2. The van der Waals surface area contributed by atoms with E-state index in [0.717, 1.165) is 28.2 Å². The van der Waals surface area contributed by atoms with Gasteiger partial charge in [0.25, 0.3) is 0 Å². The SMILES string of the molecule is Cc1cnc(-c2cc(N3CCC(O)=C(N)C3)ncc2Cl)c(C)c1. The molecule has 0 fully saturated rings. The molecule has 23 heavy (non-hydrogen) atoms. The second-order valence-corrected chi connectivity index (χ2v) is 6.25. The Morgan fingerprint density at radius 1 is 1.22 bits per heavy atom. The van der Waals surface area contributed by atoms with Crippen LogP contribution in [0.3, 0.4) is 0 Å². The highest BCUT2D eigenvalue weighted by Crippen LogP contribution is 2.32. The second kappa shape index (κ2) is 6.08. The Labute approximate surface area is 140 Å². The summed E-state index contributed by atoms with van der Waals surface area (Å²) in [7, 11) is 0. The Kier molecular flexibility index (Phi) is 4.13. The zero-order valence-corrected chi connectivity index (χ0v) is 13.9. The number of hydrogen-bond donors (Lipinski definition) is 2. The van der Waals surface area contributed by atoms with Gasteiger partial charge in [0.1, 0.15) is 11.6 Å². The summed E-state index contributed by atoms with van der Waals surface area (Å²) in [5.74, 6) is 1.05. The molecule has 1 aliphatic heterocycles. The zero-order valence-electron chi connectivity index (χ0n) is 13.2. The Bertz CT molecular complexity index is 788. The van der Waals surface area contributed by atoms with E-state index >= 15 is 0 Å². The summed E-state index contributed by atoms with van der Waals surface area (Å²) in [4.78, 5) is 10.9. The van der Waals surface area contributed by atoms with Crippen LogP contribution in [0, 0.1) is 13.8 Å². The first-order valence-electron chi connectivity index (χ1n) is 7.46. The van der Waals surface area contributed by atoms with Gasteiger partial charge >= 0.3 is 0 Å². The molecule has 2 aromatic rings. The molecule has 120 valence electrons. The molecule has 0 saturated heterocycles. The largest absolute Gasteiger partial charge is 0.510 e. The molecule has 0 spiro atoms. The minimum Gasteiger partial charge on any atom is -0.510 e. The number of nitrogens with two attached hydrogens (primary N) is 1. The van der Waals surface area contributed by atoms with Crippen molar-refractivity contribution in [3.8, 4) is 11.3 Å². The van der Waals surface area contributed by atoms with Gasteiger partial charge in [-0.05, 0) is 31.0 Å². The number of aliphatic hydroxyl groups excluding tert-OH is 1. The average Bonchev–Trinajstić information content (AvgIpc) is 2.51. The highest BCUT2D eigenvalue weighted by atomic mass is 35.5. The van der Waals surface area contributed by atoms with Gasteiger partial charge in [-0.25, -0.2) is 4.98 Å². The lowest BCUT2D eigenvalue weighted by Crippen LogP contribution is -2.35. The predicted molar refractivity (Wildman–Crippen MR) is 92.6 cm³/mol. The molecule has 3 N–H and O–H groups in total. The van der Waals surface area contributed by atoms with Crippen LogP contribution in [0.2, 0.25) is 5.02 Å². The summed E-state index contributed by atoms with van der Waals surface area (Å²) in [5.41, 5.74) is 10.2. The van der Waals surface area contributed by atoms with Crippen LogP contribution in [0.25, 0.3) is 11.3 Å². The minimum atomic E-state index is 0.270. The van der Waals surface area contributed by atoms with Crippen LogP contribution in [0.1, 0.15) is 17.5 Å². The van der Waals surface area contributed by atoms with Gasteiger partial charge in [0.2, 0.25) is 0 Å². The molecule has 3 heterocycles. The van der Waals surface area contributed by atoms with Crippen LogP contribution in [0.5, 0.6) is 0 Å². The molecular weight excluding hydrogens is 312 g/mol. The van der Waals surface area contributed by atoms with Crippen molar-refractivity contribution in [3.05, 3.63) is 52.1 Å². The first-order chi connectivity index (χ1) is 11.0. The van der Waals surface area contributed by atoms with E-state index in [9.17, 15) is 5.11 Å². The highest BCUT2D eigenvalue weighted by molar-refractivity contribution is 6.33. The monoisotopic (exact) mass is 330 g/mol. The number of aryl methyl sites for hydroxylation is 2. The number of aliphatic hydroxyl groups is 1. The van der Waals surface area contributed by atoms with Crippen molar-refractivity contribution in [1.29, 1.82) is 0 Å². The van der Waals surface area contributed by atoms with E-state index in [0.29, 0.717) is 30.2 Å². The predicted octanol–water partition coefficient (Wildman–Crippen LogP) is 3.35. The van der Waals surface area contributed by atoms with Crippen molar-refractivity contribution in [2.75, 3.05) is 18.0 Å². The highest BCUT2D eigenvalue weighted by Gasteiger charge is 2.19. The van der Waals surface area contributed by atoms with E-state index < -0.39 is 0 Å². The molecule has 0 aromatic carbocycles. The first-order valence-corrected chi connectivity index (χ1v) is 7.84. The molecule has 0 saturated carbocycles. The van der Waals surface area contributed by atoms with E-state index in [1.807, 2.05) is 31.0 Å². The van der Waals surface area contributed by atoms with Crippen LogP contribution >= 0.6 is 11.6 Å². The molecule has 0 radical (unpaired) electrons. The van der Waals surface area contributed by atoms with Crippen molar-refractivity contribution < 1.29 is 5.11 Å². The molecule has 6 heteroatoms. The minimum absolute atomic E-state index is 0.270. The van der Waals surface area contributed by atoms with Crippen LogP contribution in [-0.2, 0) is 0 Å². The molecule has 0 aliphatic carbocycles. The average molecular weight is 331 g/mol. The summed E-state index contributed by atoms with van der Waals surface area (Å²) in [6, 6.07) is 4.01. The van der Waals surface area contributed by atoms with Crippen molar-refractivity contribution in [3.63, 3.8) is 0 Å². The molecule has 0 unspecified atom stereocenters. The maximum absolute atomic E-state index is 9.66. The standard InChI is InChI=1S/C17H19ClN4O/c1-10-5-11(2)17(21-7-10)12-6-16(20-8-13(12)18)22-4-3-15(23)14(19)9-22/h5-8,23H,3-4,9,19H2,1-2H3. The van der Waals surface area contributed by atoms with Crippen molar-refractivity contribution in [1.82, 2.24) is 9.97 Å². The fourth-order valence-electron chi connectivity index (χ4n) is 2.75. The zero-order chi connectivity index (χ0) is 16.6. The van der Waals surface area contributed by atoms with Crippen LogP contribution in [-0.4, -0.2) is 28.2 Å². The van der Waals surface area contributed by atoms with Gasteiger partial charge in [-0.1, -0.05) is 17.7 Å². The summed E-state index contributed by atoms with van der Waals surface area (Å²) in [6.45, 7) is 5.16. The molecular formula is C17H19ClN4O. The number of pyridine rings is 2. The van der Waals surface area contributed by atoms with Gasteiger partial charge in [0.05, 0.1) is 23.0 Å². The lowest BCUT2D eigenvalue weighted by Gasteiger charge is -2.28. The number of nitrogens with zero attached hydrogens (tertiary/aromatic N) is 3. The maximum atomic E-state index is 9.66. The smallest absolute Gasteiger partial charge is 0.129 e. The van der Waals surface area contributed by atoms with Crippen molar-refractivity contribution >= 4 is 17.4 Å². The molecule has 5 nitrogen and oxygen atoms in total. The van der Waals surface area contributed by atoms with Crippen molar-refractivity contribution in [2.24, 2.45) is 5.73 Å². The van der Waals surface area contributed by atoms with Gasteiger partial charge in [-0.3, -0.25) is 4.98 Å². The van der Waals surface area contributed by atoms with E-state index in [-0.39, 0.29) is 5.76 Å². The topological polar surface area (TPSA) is 75.3 Å². The number of aromatic nitrogens is 2. The molecule has 1 aliphatic rings. The number of halogens is 1. The van der Waals surface area contributed by atoms with Gasteiger partial charge in [-0.15, -0.1) is 0 Å². The van der Waals surface area contributed by atoms with Gasteiger partial charge in [-0.2, -0.15) is 0 Å². The van der Waals surface area contributed by atoms with Gasteiger partial charge < -0.3 is 15.7 Å². The quantitative estimate of drug-likeness (QED) is 0.883. The molecule has 2 aromatic heterocycles. The summed E-state index contributed by atoms with van der Waals surface area (Å²) in [5, 5.41) is 10.2. The maximum Gasteiger partial charge on any atom is 0.129 e. The number of rotatable bonds is 2. The third-order valence-electron chi connectivity index (χ3n) is 3.99. The summed E-state index contributed by atoms with van der Waals surface area (Å²) >= 11 is 6.34. The Balaban J connectivity index is 2.00. The second-order valence-electron chi connectivity index (χ2n) is 5.84. The molecule has 0 atom stereocenters. The van der Waals surface area contributed by atoms with E-state index in [2.05, 4.69) is 16.0 Å². The number of anilines is 1. The van der Waals surface area contributed by atoms with Gasteiger partial charge in [0.15, 0.2) is 0 Å². The fraction of sp³-hybridized carbons (Fsp3) is 0.294. The number of hydrogen-bond acceptors (Lipinski definition) is 5. The summed E-state index contributed by atoms with van der Waals surface area (Å²) < 4.78 is 0. The Hall–Kier alpha value is -2.27. The fourth-order valence-corrected chi connectivity index (χ4v) is 2.95. The van der Waals surface area contributed by atoms with E-state index in [1.54, 1.807) is 6.20 Å². The van der Waals surface area contributed by atoms with E-state index in [1.165, 1.54) is 0 Å². The molecule has 0 bridgehead atoms. The van der Waals surface area contributed by atoms with Gasteiger partial charge in [0, 0.05) is 30.9 Å². The lowest BCUT2D eigenvalue weighted by molar-refractivity contribution is 0.370. The van der Waals surface area contributed by atoms with Crippen LogP contribution in [0.4, 0.5) is 5.82 Å². The Morgan fingerprint density at radius 2 is 2.00 bits per heavy atom. The third kappa shape index (κ3) is 3.10. The Morgan fingerprint density at radius 3 is 2.70 bits per heavy atom. The van der Waals surface area contributed by atoms with Crippen molar-refractivity contribution in [2.45, 2.75) is 20.3 Å². The molecule has 3 rings (SSSR count). The third-order valence-corrected chi connectivity index (χ3v) is 4.29. The van der Waals surface area contributed by atoms with Crippen LogP contribution in [0.15, 0.2) is 36.0 Å². The molecule has 0 amide bonds. The first kappa shape index (κ1) is 15.6. The lowest BCUT2D eigenvalue weighted by atomic mass is 10.1. The van der Waals surface area contributed by atoms with E-state index in [4.69, 9.17) is 17.3 Å². The van der Waals surface area contributed by atoms with Crippen LogP contribution < -0.4 is 10.6 Å².